The van der Waals surface area contributed by atoms with E-state index in [2.05, 4.69) is 0 Å². The largest absolute Gasteiger partial charge is 0.478 e. The van der Waals surface area contributed by atoms with Gasteiger partial charge in [0.05, 0.1) is 33.4 Å². The van der Waals surface area contributed by atoms with Gasteiger partial charge in [-0.3, -0.25) is 0 Å². The fraction of sp³-hybridized carbons (Fsp3) is 0.0476. The second-order valence-corrected chi connectivity index (χ2v) is 12.3. The molecule has 0 radical (unpaired) electrons. The summed E-state index contributed by atoms with van der Waals surface area (Å²) in [5.74, 6) is -6.56. The summed E-state index contributed by atoms with van der Waals surface area (Å²) < 4.78 is 78.9. The molecule has 8 nitrogen and oxygen atoms in total. The Morgan fingerprint density at radius 2 is 0.589 bits per heavy atom. The van der Waals surface area contributed by atoms with Crippen LogP contribution in [0.2, 0.25) is 0 Å². The number of hydrogen-bond donors (Lipinski definition) is 4. The highest BCUT2D eigenvalue weighted by molar-refractivity contribution is 6.14. The van der Waals surface area contributed by atoms with Crippen molar-refractivity contribution < 1.29 is 65.9 Å². The van der Waals surface area contributed by atoms with E-state index in [4.69, 9.17) is 0 Å². The molecule has 14 heteroatoms. The molecule has 0 amide bonds. The first kappa shape index (κ1) is 38.5. The van der Waals surface area contributed by atoms with Gasteiger partial charge < -0.3 is 20.4 Å². The minimum atomic E-state index is -4.57. The van der Waals surface area contributed by atoms with Gasteiger partial charge in [0.25, 0.3) is 0 Å². The van der Waals surface area contributed by atoms with Gasteiger partial charge in [0, 0.05) is 11.1 Å². The van der Waals surface area contributed by atoms with Crippen molar-refractivity contribution in [3.05, 3.63) is 155 Å². The fourth-order valence-electron chi connectivity index (χ4n) is 6.42. The van der Waals surface area contributed by atoms with Gasteiger partial charge in [0.1, 0.15) is 0 Å². The van der Waals surface area contributed by atoms with Crippen LogP contribution in [-0.2, 0) is 12.4 Å². The molecule has 6 rings (SSSR count). The number of hydrogen-bond acceptors (Lipinski definition) is 4. The van der Waals surface area contributed by atoms with Crippen LogP contribution in [0.5, 0.6) is 0 Å². The Kier molecular flexibility index (Phi) is 10.0. The molecular formula is C42H24F6O8. The van der Waals surface area contributed by atoms with Crippen molar-refractivity contribution >= 4 is 23.9 Å². The van der Waals surface area contributed by atoms with Crippen molar-refractivity contribution in [2.24, 2.45) is 0 Å². The van der Waals surface area contributed by atoms with Gasteiger partial charge in [-0.2, -0.15) is 26.3 Å². The molecule has 0 fully saturated rings. The summed E-state index contributed by atoms with van der Waals surface area (Å²) in [4.78, 5) is 50.3. The maximum atomic E-state index is 13.2. The van der Waals surface area contributed by atoms with Gasteiger partial charge >= 0.3 is 36.2 Å². The number of halogens is 6. The molecule has 0 aliphatic heterocycles. The lowest BCUT2D eigenvalue weighted by molar-refractivity contribution is -0.138. The Bertz CT molecular complexity index is 2340. The minimum absolute atomic E-state index is 0.0177. The Balaban J connectivity index is 1.58. The van der Waals surface area contributed by atoms with Crippen molar-refractivity contribution in [1.29, 1.82) is 0 Å². The van der Waals surface area contributed by atoms with Crippen molar-refractivity contribution in [2.75, 3.05) is 0 Å². The van der Waals surface area contributed by atoms with Crippen LogP contribution in [0.4, 0.5) is 26.3 Å². The molecule has 6 aromatic rings. The summed E-state index contributed by atoms with van der Waals surface area (Å²) in [6, 6.07) is 24.5. The van der Waals surface area contributed by atoms with Crippen molar-refractivity contribution in [1.82, 2.24) is 0 Å². The number of carboxylic acids is 4. The Labute approximate surface area is 312 Å². The maximum absolute atomic E-state index is 13.2. The number of rotatable bonds is 9. The smallest absolute Gasteiger partial charge is 0.416 e. The molecule has 0 bridgehead atoms. The second-order valence-electron chi connectivity index (χ2n) is 12.3. The van der Waals surface area contributed by atoms with E-state index in [-0.39, 0.29) is 33.4 Å². The van der Waals surface area contributed by atoms with Crippen LogP contribution < -0.4 is 0 Å². The molecule has 0 spiro atoms. The van der Waals surface area contributed by atoms with E-state index in [0.29, 0.717) is 22.3 Å². The van der Waals surface area contributed by atoms with E-state index in [1.54, 1.807) is 0 Å². The lowest BCUT2D eigenvalue weighted by atomic mass is 9.82. The predicted molar refractivity (Wildman–Crippen MR) is 191 cm³/mol. The summed E-state index contributed by atoms with van der Waals surface area (Å²) >= 11 is 0. The van der Waals surface area contributed by atoms with Crippen LogP contribution in [0.25, 0.3) is 55.6 Å². The lowest BCUT2D eigenvalue weighted by Gasteiger charge is -2.21. The highest BCUT2D eigenvalue weighted by atomic mass is 19.4. The third-order valence-corrected chi connectivity index (χ3v) is 9.03. The summed E-state index contributed by atoms with van der Waals surface area (Å²) in [6.45, 7) is 0. The minimum Gasteiger partial charge on any atom is -0.478 e. The molecule has 0 atom stereocenters. The molecular weight excluding hydrogens is 746 g/mol. The van der Waals surface area contributed by atoms with E-state index < -0.39 is 69.6 Å². The summed E-state index contributed by atoms with van der Waals surface area (Å²) in [5.41, 5.74) is -3.03. The van der Waals surface area contributed by atoms with E-state index in [1.807, 2.05) is 0 Å². The molecule has 56 heavy (non-hydrogen) atoms. The standard InChI is InChI=1S/C42H24F6O8/c43-41(44,45)27-13-9-23(10-14-27)21-1-5-25(6-2-21)33-29(17-19-31(37(49)50)35(33)39(53)54)30-18-20-32(38(51)52)36(40(55)56)34(30)26-7-3-22(4-8-26)24-11-15-28(16-12-24)42(46,47)48/h1-20H,(H,49,50)(H,51,52)(H,53,54)(H,55,56). The normalized spacial score (nSPS) is 11.6. The monoisotopic (exact) mass is 770 g/mol. The molecule has 0 aliphatic rings. The van der Waals surface area contributed by atoms with Crippen molar-refractivity contribution in [3.8, 4) is 55.6 Å². The number of alkyl halides is 6. The molecule has 0 saturated heterocycles. The van der Waals surface area contributed by atoms with Crippen LogP contribution in [0.1, 0.15) is 52.6 Å². The van der Waals surface area contributed by atoms with Crippen LogP contribution in [-0.4, -0.2) is 44.3 Å². The zero-order chi connectivity index (χ0) is 40.7. The Morgan fingerprint density at radius 3 is 0.821 bits per heavy atom. The summed E-state index contributed by atoms with van der Waals surface area (Å²) in [5, 5.41) is 40.8. The molecule has 0 aliphatic carbocycles. The van der Waals surface area contributed by atoms with Crippen LogP contribution in [0.3, 0.4) is 0 Å². The van der Waals surface area contributed by atoms with E-state index in [0.717, 1.165) is 36.4 Å². The lowest BCUT2D eigenvalue weighted by Crippen LogP contribution is -2.13. The third-order valence-electron chi connectivity index (χ3n) is 9.03. The number of carbonyl (C=O) groups is 4. The average Bonchev–Trinajstić information content (AvgIpc) is 3.16. The number of benzene rings is 6. The van der Waals surface area contributed by atoms with Crippen molar-refractivity contribution in [2.45, 2.75) is 12.4 Å². The molecule has 4 N–H and O–H groups in total. The number of aromatic carboxylic acids is 4. The topological polar surface area (TPSA) is 149 Å². The van der Waals surface area contributed by atoms with Crippen LogP contribution in [0.15, 0.2) is 121 Å². The fourth-order valence-corrected chi connectivity index (χ4v) is 6.42. The third kappa shape index (κ3) is 7.44. The highest BCUT2D eigenvalue weighted by Crippen LogP contribution is 2.44. The molecule has 0 heterocycles. The second kappa shape index (κ2) is 14.5. The first-order valence-corrected chi connectivity index (χ1v) is 16.2. The first-order chi connectivity index (χ1) is 26.4. The highest BCUT2D eigenvalue weighted by Gasteiger charge is 2.32. The van der Waals surface area contributed by atoms with Gasteiger partial charge in [-0.1, -0.05) is 84.9 Å². The quantitative estimate of drug-likeness (QED) is 0.106. The van der Waals surface area contributed by atoms with E-state index in [9.17, 15) is 65.9 Å². The molecule has 0 aromatic heterocycles. The van der Waals surface area contributed by atoms with Crippen LogP contribution in [0, 0.1) is 0 Å². The molecule has 0 unspecified atom stereocenters. The molecule has 0 saturated carbocycles. The zero-order valence-corrected chi connectivity index (χ0v) is 28.2. The first-order valence-electron chi connectivity index (χ1n) is 16.2. The van der Waals surface area contributed by atoms with Gasteiger partial charge in [-0.05, 0) is 80.9 Å². The average molecular weight is 771 g/mol. The predicted octanol–water partition coefficient (Wildman–Crippen LogP) is 10.9. The molecule has 282 valence electrons. The van der Waals surface area contributed by atoms with Crippen LogP contribution >= 0.6 is 0 Å². The van der Waals surface area contributed by atoms with Gasteiger partial charge in [0.15, 0.2) is 0 Å². The Morgan fingerprint density at radius 1 is 0.339 bits per heavy atom. The van der Waals surface area contributed by atoms with E-state index in [1.165, 1.54) is 84.9 Å². The molecule has 6 aromatic carbocycles. The maximum Gasteiger partial charge on any atom is 0.416 e. The summed E-state index contributed by atoms with van der Waals surface area (Å²) in [6.07, 6.45) is -9.14. The van der Waals surface area contributed by atoms with Crippen molar-refractivity contribution in [3.63, 3.8) is 0 Å². The summed E-state index contributed by atoms with van der Waals surface area (Å²) in [7, 11) is 0. The van der Waals surface area contributed by atoms with Gasteiger partial charge in [0.2, 0.25) is 0 Å². The van der Waals surface area contributed by atoms with E-state index >= 15 is 0 Å². The SMILES string of the molecule is O=C(O)c1ccc(-c2ccc(C(=O)O)c(C(=O)O)c2-c2ccc(-c3ccc(C(F)(F)F)cc3)cc2)c(-c2ccc(-c3ccc(C(F)(F)F)cc3)cc2)c1C(=O)O. The Hall–Kier alpha value is -7.22. The number of carboxylic acid groups (broad SMARTS) is 4. The zero-order valence-electron chi connectivity index (χ0n) is 28.2. The van der Waals surface area contributed by atoms with Gasteiger partial charge in [-0.15, -0.1) is 0 Å². The van der Waals surface area contributed by atoms with Gasteiger partial charge in [-0.25, -0.2) is 19.2 Å².